The number of thiazole rings is 1. The molecule has 24 heavy (non-hydrogen) atoms. The number of benzene rings is 1. The zero-order valence-corrected chi connectivity index (χ0v) is 15.5. The molecular formula is C15H18ClN3O3S2. The van der Waals surface area contributed by atoms with E-state index >= 15 is 0 Å². The van der Waals surface area contributed by atoms with Crippen molar-refractivity contribution in [2.75, 3.05) is 25.1 Å². The third kappa shape index (κ3) is 3.83. The lowest BCUT2D eigenvalue weighted by Crippen LogP contribution is -2.23. The highest BCUT2D eigenvalue weighted by Crippen LogP contribution is 2.27. The summed E-state index contributed by atoms with van der Waals surface area (Å²) in [6.45, 7) is 2.18. The van der Waals surface area contributed by atoms with Gasteiger partial charge in [0.1, 0.15) is 5.75 Å². The van der Waals surface area contributed by atoms with Crippen LogP contribution in [-0.4, -0.2) is 33.6 Å². The summed E-state index contributed by atoms with van der Waals surface area (Å²) in [4.78, 5) is 6.83. The van der Waals surface area contributed by atoms with E-state index in [9.17, 15) is 8.42 Å². The number of aromatic nitrogens is 1. The van der Waals surface area contributed by atoms with Gasteiger partial charge in [-0.15, -0.1) is 11.3 Å². The number of methoxy groups -OCH3 is 1. The van der Waals surface area contributed by atoms with Gasteiger partial charge in [0.05, 0.1) is 29.3 Å². The number of anilines is 1. The highest BCUT2D eigenvalue weighted by molar-refractivity contribution is 7.89. The molecule has 0 spiro atoms. The Morgan fingerprint density at radius 1 is 1.38 bits per heavy atom. The minimum Gasteiger partial charge on any atom is -0.495 e. The number of hydrogen-bond donors (Lipinski definition) is 1. The van der Waals surface area contributed by atoms with Crippen molar-refractivity contribution in [3.05, 3.63) is 34.3 Å². The first kappa shape index (κ1) is 17.5. The highest BCUT2D eigenvalue weighted by atomic mass is 35.5. The summed E-state index contributed by atoms with van der Waals surface area (Å²) in [7, 11) is -2.17. The van der Waals surface area contributed by atoms with Crippen molar-refractivity contribution >= 4 is 38.1 Å². The second-order valence-corrected chi connectivity index (χ2v) is 8.45. The fourth-order valence-electron chi connectivity index (χ4n) is 2.50. The summed E-state index contributed by atoms with van der Waals surface area (Å²) in [5.41, 5.74) is 0.713. The molecule has 0 atom stereocenters. The third-order valence-electron chi connectivity index (χ3n) is 3.79. The summed E-state index contributed by atoms with van der Waals surface area (Å²) in [6.07, 6.45) is 2.36. The van der Waals surface area contributed by atoms with Gasteiger partial charge in [0, 0.05) is 18.5 Å². The summed E-state index contributed by atoms with van der Waals surface area (Å²) < 4.78 is 32.3. The lowest BCUT2D eigenvalue weighted by atomic mass is 10.3. The van der Waals surface area contributed by atoms with E-state index in [0.29, 0.717) is 11.4 Å². The van der Waals surface area contributed by atoms with Crippen LogP contribution < -0.4 is 14.4 Å². The van der Waals surface area contributed by atoms with Crippen LogP contribution in [0.15, 0.2) is 28.5 Å². The molecule has 1 aromatic carbocycles. The molecule has 130 valence electrons. The summed E-state index contributed by atoms with van der Waals surface area (Å²) in [6, 6.07) is 4.37. The zero-order chi connectivity index (χ0) is 17.2. The molecule has 0 unspecified atom stereocenters. The van der Waals surface area contributed by atoms with Crippen molar-refractivity contribution in [2.45, 2.75) is 24.3 Å². The molecule has 3 rings (SSSR count). The van der Waals surface area contributed by atoms with Crippen molar-refractivity contribution in [1.29, 1.82) is 0 Å². The van der Waals surface area contributed by atoms with Crippen LogP contribution >= 0.6 is 22.9 Å². The van der Waals surface area contributed by atoms with Crippen LogP contribution in [0.4, 0.5) is 5.13 Å². The predicted molar refractivity (Wildman–Crippen MR) is 95.6 cm³/mol. The second-order valence-electron chi connectivity index (χ2n) is 5.44. The second kappa shape index (κ2) is 7.26. The van der Waals surface area contributed by atoms with Crippen LogP contribution in [0.5, 0.6) is 5.75 Å². The zero-order valence-electron chi connectivity index (χ0n) is 13.2. The molecule has 1 aliphatic heterocycles. The maximum absolute atomic E-state index is 12.4. The molecule has 1 fully saturated rings. The van der Waals surface area contributed by atoms with E-state index in [0.717, 1.165) is 18.2 Å². The minimum absolute atomic E-state index is 0.100. The van der Waals surface area contributed by atoms with Gasteiger partial charge in [-0.1, -0.05) is 11.6 Å². The highest BCUT2D eigenvalue weighted by Gasteiger charge is 2.18. The predicted octanol–water partition coefficient (Wildman–Crippen LogP) is 2.88. The summed E-state index contributed by atoms with van der Waals surface area (Å²) >= 11 is 7.54. The molecule has 0 radical (unpaired) electrons. The van der Waals surface area contributed by atoms with Gasteiger partial charge < -0.3 is 9.64 Å². The number of nitrogens with zero attached hydrogens (tertiary/aromatic N) is 2. The molecule has 6 nitrogen and oxygen atoms in total. The Hall–Kier alpha value is -1.35. The first-order valence-corrected chi connectivity index (χ1v) is 10.3. The van der Waals surface area contributed by atoms with Crippen molar-refractivity contribution in [3.8, 4) is 5.75 Å². The largest absolute Gasteiger partial charge is 0.495 e. The average Bonchev–Trinajstić information content (AvgIpc) is 3.24. The third-order valence-corrected chi connectivity index (χ3v) is 6.44. The maximum atomic E-state index is 12.4. The van der Waals surface area contributed by atoms with Crippen molar-refractivity contribution in [1.82, 2.24) is 9.71 Å². The lowest BCUT2D eigenvalue weighted by molar-refractivity contribution is 0.414. The fraction of sp³-hybridized carbons (Fsp3) is 0.400. The number of halogens is 1. The molecule has 1 aromatic heterocycles. The summed E-state index contributed by atoms with van der Waals surface area (Å²) in [5.74, 6) is 0.436. The normalized spacial score (nSPS) is 15.0. The van der Waals surface area contributed by atoms with Gasteiger partial charge in [0.25, 0.3) is 0 Å². The van der Waals surface area contributed by atoms with Gasteiger partial charge in [0.2, 0.25) is 10.0 Å². The number of ether oxygens (including phenoxy) is 1. The van der Waals surface area contributed by atoms with Gasteiger partial charge in [-0.25, -0.2) is 18.1 Å². The van der Waals surface area contributed by atoms with Crippen LogP contribution in [0.1, 0.15) is 18.5 Å². The quantitative estimate of drug-likeness (QED) is 0.825. The van der Waals surface area contributed by atoms with Crippen LogP contribution in [0.3, 0.4) is 0 Å². The first-order chi connectivity index (χ1) is 11.5. The Morgan fingerprint density at radius 3 is 2.79 bits per heavy atom. The molecule has 0 aliphatic carbocycles. The Bertz CT molecular complexity index is 817. The number of sulfonamides is 1. The van der Waals surface area contributed by atoms with E-state index in [4.69, 9.17) is 16.3 Å². The van der Waals surface area contributed by atoms with Gasteiger partial charge in [-0.2, -0.15) is 0 Å². The molecule has 9 heteroatoms. The molecule has 0 bridgehead atoms. The Kier molecular flexibility index (Phi) is 5.29. The van der Waals surface area contributed by atoms with E-state index in [-0.39, 0.29) is 16.5 Å². The Morgan fingerprint density at radius 2 is 2.12 bits per heavy atom. The molecule has 0 amide bonds. The Balaban J connectivity index is 1.67. The smallest absolute Gasteiger partial charge is 0.240 e. The Labute approximate surface area is 150 Å². The number of nitrogens with one attached hydrogen (secondary N) is 1. The van der Waals surface area contributed by atoms with E-state index in [1.807, 2.05) is 5.38 Å². The van der Waals surface area contributed by atoms with Crippen LogP contribution in [0, 0.1) is 0 Å². The molecule has 0 saturated carbocycles. The minimum atomic E-state index is -3.65. The molecule has 1 aliphatic rings. The topological polar surface area (TPSA) is 71.5 Å². The van der Waals surface area contributed by atoms with Gasteiger partial charge in [-0.3, -0.25) is 0 Å². The van der Waals surface area contributed by atoms with Crippen molar-refractivity contribution in [3.63, 3.8) is 0 Å². The lowest BCUT2D eigenvalue weighted by Gasteiger charge is -2.12. The van der Waals surface area contributed by atoms with E-state index in [1.54, 1.807) is 11.3 Å². The van der Waals surface area contributed by atoms with E-state index in [1.165, 1.54) is 38.2 Å². The van der Waals surface area contributed by atoms with Gasteiger partial charge in [0.15, 0.2) is 5.13 Å². The molecule has 1 saturated heterocycles. The number of rotatable bonds is 6. The van der Waals surface area contributed by atoms with Crippen LogP contribution in [-0.2, 0) is 16.6 Å². The summed E-state index contributed by atoms with van der Waals surface area (Å²) in [5, 5.41) is 3.09. The average molecular weight is 388 g/mol. The van der Waals surface area contributed by atoms with Crippen LogP contribution in [0.2, 0.25) is 5.02 Å². The standard InChI is InChI=1S/C15H18ClN3O3S2/c1-22-14-5-4-12(8-13(14)16)24(20,21)17-9-11-10-23-15(18-11)19-6-2-3-7-19/h4-5,8,10,17H,2-3,6-7,9H2,1H3. The van der Waals surface area contributed by atoms with Crippen LogP contribution in [0.25, 0.3) is 0 Å². The SMILES string of the molecule is COc1ccc(S(=O)(=O)NCc2csc(N3CCCC3)n2)cc1Cl. The molecule has 2 heterocycles. The van der Waals surface area contributed by atoms with Gasteiger partial charge in [-0.05, 0) is 31.0 Å². The fourth-order valence-corrected chi connectivity index (χ4v) is 4.72. The van der Waals surface area contributed by atoms with Crippen molar-refractivity contribution < 1.29 is 13.2 Å². The molecular weight excluding hydrogens is 370 g/mol. The monoisotopic (exact) mass is 387 g/mol. The van der Waals surface area contributed by atoms with E-state index in [2.05, 4.69) is 14.6 Å². The van der Waals surface area contributed by atoms with Crippen molar-refractivity contribution in [2.24, 2.45) is 0 Å². The number of hydrogen-bond acceptors (Lipinski definition) is 6. The molecule has 1 N–H and O–H groups in total. The maximum Gasteiger partial charge on any atom is 0.240 e. The van der Waals surface area contributed by atoms with E-state index < -0.39 is 10.0 Å². The van der Waals surface area contributed by atoms with Gasteiger partial charge >= 0.3 is 0 Å². The first-order valence-electron chi connectivity index (χ1n) is 7.52. The molecule has 2 aromatic rings.